The number of anilines is 1. The highest BCUT2D eigenvalue weighted by molar-refractivity contribution is 5.84. The number of nitrogen functional groups attached to an aromatic ring is 1. The van der Waals surface area contributed by atoms with E-state index in [2.05, 4.69) is 11.9 Å². The number of hydrogen-bond acceptors (Lipinski definition) is 4. The third-order valence-corrected chi connectivity index (χ3v) is 4.11. The Morgan fingerprint density at radius 2 is 1.83 bits per heavy atom. The smallest absolute Gasteiger partial charge is 0.131 e. The predicted molar refractivity (Wildman–Crippen MR) is 97.1 cm³/mol. The summed E-state index contributed by atoms with van der Waals surface area (Å²) in [5, 5.41) is 9.53. The Kier molecular flexibility index (Phi) is 4.38. The third kappa shape index (κ3) is 2.91. The first kappa shape index (κ1) is 15.9. The van der Waals surface area contributed by atoms with Gasteiger partial charge in [-0.1, -0.05) is 31.2 Å². The van der Waals surface area contributed by atoms with Crippen LogP contribution in [0.1, 0.15) is 12.5 Å². The Labute approximate surface area is 141 Å². The van der Waals surface area contributed by atoms with E-state index in [0.29, 0.717) is 5.82 Å². The summed E-state index contributed by atoms with van der Waals surface area (Å²) >= 11 is 0. The lowest BCUT2D eigenvalue weighted by Gasteiger charge is -2.16. The van der Waals surface area contributed by atoms with Crippen LogP contribution in [0.4, 0.5) is 5.82 Å². The van der Waals surface area contributed by atoms with Crippen LogP contribution >= 0.6 is 0 Å². The maximum Gasteiger partial charge on any atom is 0.131 e. The summed E-state index contributed by atoms with van der Waals surface area (Å²) in [6.07, 6.45) is 2.63. The van der Waals surface area contributed by atoms with Gasteiger partial charge in [0.25, 0.3) is 0 Å². The Bertz CT molecular complexity index is 858. The molecular formula is C20H20N2O2. The summed E-state index contributed by atoms with van der Waals surface area (Å²) in [6, 6.07) is 14.9. The number of pyridine rings is 1. The van der Waals surface area contributed by atoms with Crippen LogP contribution in [-0.4, -0.2) is 17.2 Å². The molecule has 3 aromatic rings. The summed E-state index contributed by atoms with van der Waals surface area (Å²) in [4.78, 5) is 4.39. The lowest BCUT2D eigenvalue weighted by molar-refractivity contribution is 0.415. The third-order valence-electron chi connectivity index (χ3n) is 4.11. The molecule has 0 spiro atoms. The van der Waals surface area contributed by atoms with Gasteiger partial charge in [-0.2, -0.15) is 0 Å². The van der Waals surface area contributed by atoms with Crippen LogP contribution in [0.25, 0.3) is 22.3 Å². The van der Waals surface area contributed by atoms with Crippen LogP contribution in [-0.2, 0) is 6.42 Å². The molecule has 0 atom stereocenters. The Balaban J connectivity index is 2.21. The van der Waals surface area contributed by atoms with Crippen molar-refractivity contribution in [1.82, 2.24) is 4.98 Å². The first-order valence-corrected chi connectivity index (χ1v) is 7.85. The number of nitrogens with two attached hydrogens (primary N) is 1. The number of rotatable bonds is 4. The Morgan fingerprint density at radius 1 is 1.08 bits per heavy atom. The molecule has 3 rings (SSSR count). The van der Waals surface area contributed by atoms with Crippen LogP contribution < -0.4 is 10.5 Å². The number of ether oxygens (including phenoxy) is 1. The molecule has 0 radical (unpaired) electrons. The summed E-state index contributed by atoms with van der Waals surface area (Å²) < 4.78 is 5.33. The van der Waals surface area contributed by atoms with Gasteiger partial charge in [-0.15, -0.1) is 0 Å². The maximum absolute atomic E-state index is 9.53. The molecule has 0 fully saturated rings. The second-order valence-corrected chi connectivity index (χ2v) is 5.54. The summed E-state index contributed by atoms with van der Waals surface area (Å²) in [5.74, 6) is 1.52. The van der Waals surface area contributed by atoms with Crippen LogP contribution in [0.3, 0.4) is 0 Å². The number of hydrogen-bond donors (Lipinski definition) is 2. The van der Waals surface area contributed by atoms with E-state index in [9.17, 15) is 5.11 Å². The van der Waals surface area contributed by atoms with Gasteiger partial charge in [0, 0.05) is 17.3 Å². The number of methoxy groups -OCH3 is 1. The van der Waals surface area contributed by atoms with Crippen molar-refractivity contribution >= 4 is 5.82 Å². The fraction of sp³-hybridized carbons (Fsp3) is 0.150. The lowest BCUT2D eigenvalue weighted by atomic mass is 9.92. The number of phenolic OH excluding ortho intramolecular Hbond substituents is 1. The number of aromatic hydroxyl groups is 1. The van der Waals surface area contributed by atoms with Gasteiger partial charge in [0.1, 0.15) is 17.3 Å². The summed E-state index contributed by atoms with van der Waals surface area (Å²) in [7, 11) is 1.66. The van der Waals surface area contributed by atoms with Crippen molar-refractivity contribution in [2.75, 3.05) is 12.8 Å². The molecule has 0 aliphatic carbocycles. The van der Waals surface area contributed by atoms with Gasteiger partial charge in [-0.3, -0.25) is 0 Å². The lowest BCUT2D eigenvalue weighted by Crippen LogP contribution is -2.01. The van der Waals surface area contributed by atoms with E-state index in [1.54, 1.807) is 19.2 Å². The molecule has 4 heteroatoms. The van der Waals surface area contributed by atoms with Crippen LogP contribution in [0.5, 0.6) is 11.5 Å². The fourth-order valence-corrected chi connectivity index (χ4v) is 2.92. The van der Waals surface area contributed by atoms with Gasteiger partial charge >= 0.3 is 0 Å². The molecule has 0 bridgehead atoms. The molecule has 1 heterocycles. The molecule has 0 aliphatic rings. The maximum atomic E-state index is 9.53. The van der Waals surface area contributed by atoms with Gasteiger partial charge in [0.2, 0.25) is 0 Å². The second-order valence-electron chi connectivity index (χ2n) is 5.54. The van der Waals surface area contributed by atoms with E-state index in [4.69, 9.17) is 10.5 Å². The second kappa shape index (κ2) is 6.62. The number of nitrogens with zero attached hydrogens (tertiary/aromatic N) is 1. The summed E-state index contributed by atoms with van der Waals surface area (Å²) in [5.41, 5.74) is 11.2. The van der Waals surface area contributed by atoms with Crippen molar-refractivity contribution in [2.24, 2.45) is 0 Å². The van der Waals surface area contributed by atoms with Crippen molar-refractivity contribution < 1.29 is 9.84 Å². The van der Waals surface area contributed by atoms with Crippen molar-refractivity contribution in [3.8, 4) is 33.8 Å². The zero-order valence-corrected chi connectivity index (χ0v) is 13.8. The molecule has 0 amide bonds. The first-order valence-electron chi connectivity index (χ1n) is 7.85. The highest BCUT2D eigenvalue weighted by Crippen LogP contribution is 2.37. The zero-order chi connectivity index (χ0) is 17.1. The quantitative estimate of drug-likeness (QED) is 0.753. The molecule has 122 valence electrons. The monoisotopic (exact) mass is 320 g/mol. The normalized spacial score (nSPS) is 10.6. The van der Waals surface area contributed by atoms with Crippen molar-refractivity contribution in [2.45, 2.75) is 13.3 Å². The van der Waals surface area contributed by atoms with Gasteiger partial charge in [0.05, 0.1) is 7.11 Å². The van der Waals surface area contributed by atoms with Crippen LogP contribution in [0.2, 0.25) is 0 Å². The SMILES string of the molecule is CCc1c(-c2cccc(OC)c2)cnc(N)c1-c1ccc(O)cc1. The average molecular weight is 320 g/mol. The van der Waals surface area contributed by atoms with E-state index >= 15 is 0 Å². The van der Waals surface area contributed by atoms with Gasteiger partial charge in [-0.25, -0.2) is 4.98 Å². The van der Waals surface area contributed by atoms with Crippen molar-refractivity contribution in [1.29, 1.82) is 0 Å². The molecule has 0 saturated carbocycles. The van der Waals surface area contributed by atoms with E-state index in [-0.39, 0.29) is 5.75 Å². The fourth-order valence-electron chi connectivity index (χ4n) is 2.92. The zero-order valence-electron chi connectivity index (χ0n) is 13.8. The van der Waals surface area contributed by atoms with Gasteiger partial charge in [0.15, 0.2) is 0 Å². The first-order chi connectivity index (χ1) is 11.6. The average Bonchev–Trinajstić information content (AvgIpc) is 2.62. The van der Waals surface area contributed by atoms with E-state index in [1.807, 2.05) is 42.6 Å². The molecule has 0 saturated heterocycles. The number of benzene rings is 2. The minimum Gasteiger partial charge on any atom is -0.508 e. The van der Waals surface area contributed by atoms with Crippen molar-refractivity contribution in [3.63, 3.8) is 0 Å². The molecular weight excluding hydrogens is 300 g/mol. The molecule has 4 nitrogen and oxygen atoms in total. The Morgan fingerprint density at radius 3 is 2.50 bits per heavy atom. The van der Waals surface area contributed by atoms with Gasteiger partial charge in [-0.05, 0) is 47.4 Å². The standard InChI is InChI=1S/C20H20N2O2/c1-3-17-18(14-5-4-6-16(11-14)24-2)12-22-20(21)19(17)13-7-9-15(23)10-8-13/h4-12,23H,3H2,1-2H3,(H2,21,22). The largest absolute Gasteiger partial charge is 0.508 e. The number of phenols is 1. The highest BCUT2D eigenvalue weighted by atomic mass is 16.5. The molecule has 0 aliphatic heterocycles. The molecule has 3 N–H and O–H groups in total. The highest BCUT2D eigenvalue weighted by Gasteiger charge is 2.15. The molecule has 2 aromatic carbocycles. The van der Waals surface area contributed by atoms with Crippen molar-refractivity contribution in [3.05, 3.63) is 60.3 Å². The summed E-state index contributed by atoms with van der Waals surface area (Å²) in [6.45, 7) is 2.10. The minimum absolute atomic E-state index is 0.229. The Hall–Kier alpha value is -3.01. The predicted octanol–water partition coefficient (Wildman–Crippen LogP) is 4.27. The van der Waals surface area contributed by atoms with E-state index < -0.39 is 0 Å². The number of aromatic nitrogens is 1. The van der Waals surface area contributed by atoms with Crippen LogP contribution in [0.15, 0.2) is 54.7 Å². The van der Waals surface area contributed by atoms with Crippen LogP contribution in [0, 0.1) is 0 Å². The van der Waals surface area contributed by atoms with Gasteiger partial charge < -0.3 is 15.6 Å². The molecule has 24 heavy (non-hydrogen) atoms. The van der Waals surface area contributed by atoms with E-state index in [1.165, 1.54) is 0 Å². The van der Waals surface area contributed by atoms with E-state index in [0.717, 1.165) is 40.0 Å². The molecule has 0 unspecified atom stereocenters. The topological polar surface area (TPSA) is 68.4 Å². The molecule has 1 aromatic heterocycles. The minimum atomic E-state index is 0.229.